The van der Waals surface area contributed by atoms with Crippen molar-refractivity contribution in [1.29, 1.82) is 0 Å². The van der Waals surface area contributed by atoms with Crippen LogP contribution in [0.2, 0.25) is 0 Å². The Balaban J connectivity index is 2.27. The van der Waals surface area contributed by atoms with Crippen LogP contribution < -0.4 is 4.74 Å². The summed E-state index contributed by atoms with van der Waals surface area (Å²) >= 11 is 1.56. The van der Waals surface area contributed by atoms with E-state index in [1.165, 1.54) is 6.20 Å². The van der Waals surface area contributed by atoms with E-state index < -0.39 is 11.7 Å². The van der Waals surface area contributed by atoms with E-state index in [4.69, 9.17) is 4.74 Å². The maximum absolute atomic E-state index is 12.5. The van der Waals surface area contributed by atoms with E-state index in [1.807, 2.05) is 0 Å². The van der Waals surface area contributed by atoms with Crippen LogP contribution in [-0.4, -0.2) is 11.1 Å². The molecule has 2 nitrogen and oxygen atoms in total. The van der Waals surface area contributed by atoms with E-state index in [1.54, 1.807) is 22.6 Å². The van der Waals surface area contributed by atoms with Crippen LogP contribution in [0.25, 0.3) is 0 Å². The van der Waals surface area contributed by atoms with Gasteiger partial charge in [-0.3, -0.25) is 0 Å². The normalized spacial score (nSPS) is 16.5. The molecule has 0 N–H and O–H groups in total. The van der Waals surface area contributed by atoms with Crippen molar-refractivity contribution in [3.63, 3.8) is 0 Å². The van der Waals surface area contributed by atoms with Crippen molar-refractivity contribution in [2.75, 3.05) is 0 Å². The molecular formula is C9H7F3INO. The molecule has 1 aliphatic carbocycles. The van der Waals surface area contributed by atoms with Gasteiger partial charge in [-0.05, 0) is 41.5 Å². The van der Waals surface area contributed by atoms with Gasteiger partial charge in [0, 0.05) is 0 Å². The summed E-state index contributed by atoms with van der Waals surface area (Å²) in [6.45, 7) is 0. The number of pyridine rings is 1. The standard InChI is InChI=1S/C9H7F3INO/c10-9(11,12)7-3-6(4-14-8(7)13)15-5-1-2-5/h3-5H,1-2H2. The van der Waals surface area contributed by atoms with Crippen molar-refractivity contribution < 1.29 is 17.9 Å². The van der Waals surface area contributed by atoms with Crippen molar-refractivity contribution >= 4 is 22.6 Å². The molecule has 1 fully saturated rings. The molecule has 1 heterocycles. The molecule has 6 heteroatoms. The van der Waals surface area contributed by atoms with Gasteiger partial charge in [-0.1, -0.05) is 0 Å². The maximum Gasteiger partial charge on any atom is 0.419 e. The molecule has 0 spiro atoms. The molecule has 15 heavy (non-hydrogen) atoms. The first-order chi connectivity index (χ1) is 6.97. The number of aromatic nitrogens is 1. The summed E-state index contributed by atoms with van der Waals surface area (Å²) in [6.07, 6.45) is -1.14. The van der Waals surface area contributed by atoms with Gasteiger partial charge < -0.3 is 4.74 Å². The summed E-state index contributed by atoms with van der Waals surface area (Å²) in [6, 6.07) is 1.01. The van der Waals surface area contributed by atoms with Gasteiger partial charge in [0.2, 0.25) is 0 Å². The number of ether oxygens (including phenoxy) is 1. The van der Waals surface area contributed by atoms with Gasteiger partial charge in [-0.15, -0.1) is 0 Å². The molecule has 0 radical (unpaired) electrons. The minimum atomic E-state index is -4.37. The third-order valence-corrected chi connectivity index (χ3v) is 2.81. The first kappa shape index (κ1) is 11.0. The average Bonchev–Trinajstić information content (AvgIpc) is 2.90. The number of hydrogen-bond donors (Lipinski definition) is 0. The largest absolute Gasteiger partial charge is 0.489 e. The maximum atomic E-state index is 12.5. The second-order valence-corrected chi connectivity index (χ2v) is 4.35. The monoisotopic (exact) mass is 329 g/mol. The van der Waals surface area contributed by atoms with E-state index in [0.717, 1.165) is 18.9 Å². The molecule has 0 saturated heterocycles. The quantitative estimate of drug-likeness (QED) is 0.614. The van der Waals surface area contributed by atoms with Crippen molar-refractivity contribution in [3.05, 3.63) is 21.5 Å². The first-order valence-corrected chi connectivity index (χ1v) is 5.44. The fourth-order valence-electron chi connectivity index (χ4n) is 1.07. The fourth-order valence-corrected chi connectivity index (χ4v) is 1.67. The molecule has 0 amide bonds. The Bertz CT molecular complexity index is 376. The smallest absolute Gasteiger partial charge is 0.419 e. The van der Waals surface area contributed by atoms with E-state index >= 15 is 0 Å². The van der Waals surface area contributed by atoms with Crippen molar-refractivity contribution in [2.24, 2.45) is 0 Å². The van der Waals surface area contributed by atoms with E-state index in [-0.39, 0.29) is 15.6 Å². The van der Waals surface area contributed by atoms with Gasteiger partial charge in [0.25, 0.3) is 0 Å². The first-order valence-electron chi connectivity index (χ1n) is 4.36. The highest BCUT2D eigenvalue weighted by Gasteiger charge is 2.34. The van der Waals surface area contributed by atoms with Crippen LogP contribution in [0.3, 0.4) is 0 Å². The summed E-state index contributed by atoms with van der Waals surface area (Å²) < 4.78 is 42.6. The summed E-state index contributed by atoms with van der Waals surface area (Å²) in [4.78, 5) is 3.67. The van der Waals surface area contributed by atoms with Gasteiger partial charge in [-0.2, -0.15) is 13.2 Å². The number of alkyl halides is 3. The SMILES string of the molecule is FC(F)(F)c1cc(OC2CC2)cnc1I. The van der Waals surface area contributed by atoms with Crippen LogP contribution in [0.15, 0.2) is 12.3 Å². The summed E-state index contributed by atoms with van der Waals surface area (Å²) in [5.74, 6) is 0.199. The number of rotatable bonds is 2. The molecule has 0 bridgehead atoms. The Morgan fingerprint density at radius 2 is 2.07 bits per heavy atom. The van der Waals surface area contributed by atoms with Crippen LogP contribution in [0.5, 0.6) is 5.75 Å². The molecular weight excluding hydrogens is 322 g/mol. The minimum Gasteiger partial charge on any atom is -0.489 e. The molecule has 0 unspecified atom stereocenters. The lowest BCUT2D eigenvalue weighted by atomic mass is 10.3. The van der Waals surface area contributed by atoms with Gasteiger partial charge in [-0.25, -0.2) is 4.98 Å². The number of hydrogen-bond acceptors (Lipinski definition) is 2. The zero-order chi connectivity index (χ0) is 11.1. The van der Waals surface area contributed by atoms with E-state index in [9.17, 15) is 13.2 Å². The lowest BCUT2D eigenvalue weighted by Gasteiger charge is -2.10. The molecule has 1 aromatic heterocycles. The zero-order valence-electron chi connectivity index (χ0n) is 7.51. The third-order valence-electron chi connectivity index (χ3n) is 1.95. The van der Waals surface area contributed by atoms with Crippen LogP contribution in [0.4, 0.5) is 13.2 Å². The Morgan fingerprint density at radius 1 is 1.40 bits per heavy atom. The van der Waals surface area contributed by atoms with Crippen LogP contribution in [0.1, 0.15) is 18.4 Å². The molecule has 0 atom stereocenters. The molecule has 1 saturated carbocycles. The lowest BCUT2D eigenvalue weighted by molar-refractivity contribution is -0.138. The van der Waals surface area contributed by atoms with Gasteiger partial charge >= 0.3 is 6.18 Å². The molecule has 2 rings (SSSR count). The Kier molecular flexibility index (Phi) is 2.78. The number of halogens is 4. The Hall–Kier alpha value is -0.530. The molecule has 0 aromatic carbocycles. The molecule has 0 aliphatic heterocycles. The second-order valence-electron chi connectivity index (χ2n) is 3.32. The third kappa shape index (κ3) is 2.73. The van der Waals surface area contributed by atoms with Crippen LogP contribution in [0, 0.1) is 3.70 Å². The zero-order valence-corrected chi connectivity index (χ0v) is 9.67. The highest BCUT2D eigenvalue weighted by Crippen LogP contribution is 2.35. The fraction of sp³-hybridized carbons (Fsp3) is 0.444. The summed E-state index contributed by atoms with van der Waals surface area (Å²) in [7, 11) is 0. The van der Waals surface area contributed by atoms with E-state index in [2.05, 4.69) is 4.98 Å². The van der Waals surface area contributed by atoms with Gasteiger partial charge in [0.15, 0.2) is 0 Å². The summed E-state index contributed by atoms with van der Waals surface area (Å²) in [5, 5.41) is 0. The number of nitrogens with zero attached hydrogens (tertiary/aromatic N) is 1. The van der Waals surface area contributed by atoms with Crippen molar-refractivity contribution in [1.82, 2.24) is 4.98 Å². The van der Waals surface area contributed by atoms with Crippen LogP contribution in [-0.2, 0) is 6.18 Å². The van der Waals surface area contributed by atoms with Crippen molar-refractivity contribution in [3.8, 4) is 5.75 Å². The topological polar surface area (TPSA) is 22.1 Å². The van der Waals surface area contributed by atoms with Crippen molar-refractivity contribution in [2.45, 2.75) is 25.1 Å². The average molecular weight is 329 g/mol. The van der Waals surface area contributed by atoms with Crippen LogP contribution >= 0.6 is 22.6 Å². The summed E-state index contributed by atoms with van der Waals surface area (Å²) in [5.41, 5.74) is -0.735. The Morgan fingerprint density at radius 3 is 2.60 bits per heavy atom. The van der Waals surface area contributed by atoms with Gasteiger partial charge in [0.05, 0.1) is 17.9 Å². The lowest BCUT2D eigenvalue weighted by Crippen LogP contribution is -2.09. The highest BCUT2D eigenvalue weighted by molar-refractivity contribution is 14.1. The van der Waals surface area contributed by atoms with Gasteiger partial charge in [0.1, 0.15) is 9.45 Å². The molecule has 1 aliphatic rings. The minimum absolute atomic E-state index is 0.0525. The predicted molar refractivity (Wildman–Crippen MR) is 55.6 cm³/mol. The Labute approximate surface area is 98.0 Å². The van der Waals surface area contributed by atoms with E-state index in [0.29, 0.717) is 0 Å². The molecule has 82 valence electrons. The highest BCUT2D eigenvalue weighted by atomic mass is 127. The molecule has 1 aromatic rings. The predicted octanol–water partition coefficient (Wildman–Crippen LogP) is 3.25. The second kappa shape index (κ2) is 3.80.